The summed E-state index contributed by atoms with van der Waals surface area (Å²) in [4.78, 5) is 28.2. The smallest absolute Gasteiger partial charge is 0.264 e. The van der Waals surface area contributed by atoms with Crippen LogP contribution in [0.4, 0.5) is 5.69 Å². The lowest BCUT2D eigenvalue weighted by atomic mass is 10.1. The third-order valence-corrected chi connectivity index (χ3v) is 9.40. The Morgan fingerprint density at radius 2 is 1.50 bits per heavy atom. The van der Waals surface area contributed by atoms with E-state index >= 15 is 0 Å². The van der Waals surface area contributed by atoms with Crippen LogP contribution in [0.15, 0.2) is 71.6 Å². The largest absolute Gasteiger partial charge is 0.354 e. The number of rotatable bonds is 12. The molecule has 0 aliphatic heterocycles. The number of benzene rings is 3. The van der Waals surface area contributed by atoms with Crippen LogP contribution in [0.5, 0.6) is 0 Å². The molecule has 3 aromatic rings. The highest BCUT2D eigenvalue weighted by atomic mass is 35.5. The summed E-state index contributed by atoms with van der Waals surface area (Å²) in [6.45, 7) is 3.42. The summed E-state index contributed by atoms with van der Waals surface area (Å²) in [6.07, 6.45) is 1.66. The second-order valence-corrected chi connectivity index (χ2v) is 12.5. The molecule has 1 unspecified atom stereocenters. The fraction of sp³-hybridized carbons (Fsp3) is 0.286. The Kier molecular flexibility index (Phi) is 11.5. The molecular formula is C28H29Cl4N3O4S. The summed E-state index contributed by atoms with van der Waals surface area (Å²) in [5, 5.41) is 3.82. The Balaban J connectivity index is 2.02. The predicted octanol–water partition coefficient (Wildman–Crippen LogP) is 6.83. The number of nitrogens with one attached hydrogen (secondary N) is 1. The van der Waals surface area contributed by atoms with Crippen LogP contribution in [0, 0.1) is 0 Å². The maximum Gasteiger partial charge on any atom is 0.264 e. The lowest BCUT2D eigenvalue weighted by Crippen LogP contribution is -2.51. The maximum absolute atomic E-state index is 13.9. The molecule has 0 spiro atoms. The van der Waals surface area contributed by atoms with Gasteiger partial charge < -0.3 is 10.2 Å². The van der Waals surface area contributed by atoms with Crippen LogP contribution in [0.2, 0.25) is 20.1 Å². The molecule has 0 bridgehead atoms. The number of unbranched alkanes of at least 4 members (excludes halogenated alkanes) is 1. The number of nitrogens with zero attached hydrogens (tertiary/aromatic N) is 2. The first-order chi connectivity index (χ1) is 18.9. The van der Waals surface area contributed by atoms with Crippen LogP contribution < -0.4 is 9.62 Å². The summed E-state index contributed by atoms with van der Waals surface area (Å²) in [5.74, 6) is -0.983. The van der Waals surface area contributed by atoms with Crippen LogP contribution in [0.25, 0.3) is 0 Å². The van der Waals surface area contributed by atoms with Gasteiger partial charge in [-0.1, -0.05) is 84.0 Å². The monoisotopic (exact) mass is 643 g/mol. The molecular weight excluding hydrogens is 616 g/mol. The van der Waals surface area contributed by atoms with Crippen molar-refractivity contribution in [1.82, 2.24) is 10.2 Å². The standard InChI is InChI=1S/C28H29Cl4N3O4S/c1-3-4-14-33-28(37)19(2)34(17-20-10-12-23(29)25(31)15-20)27(36)18-35(21-11-13-24(30)26(32)16-21)40(38,39)22-8-6-5-7-9-22/h5-13,15-16,19H,3-4,14,17-18H2,1-2H3,(H,33,37). The molecule has 1 N–H and O–H groups in total. The number of sulfonamides is 1. The summed E-state index contributed by atoms with van der Waals surface area (Å²) in [6, 6.07) is 16.0. The van der Waals surface area contributed by atoms with Gasteiger partial charge in [0, 0.05) is 13.1 Å². The van der Waals surface area contributed by atoms with Gasteiger partial charge in [-0.05, 0) is 61.4 Å². The molecule has 3 aromatic carbocycles. The molecule has 3 rings (SSSR count). The van der Waals surface area contributed by atoms with E-state index in [0.29, 0.717) is 17.1 Å². The van der Waals surface area contributed by atoms with Gasteiger partial charge in [-0.2, -0.15) is 0 Å². The van der Waals surface area contributed by atoms with E-state index in [1.807, 2.05) is 6.92 Å². The van der Waals surface area contributed by atoms with Gasteiger partial charge in [-0.25, -0.2) is 8.42 Å². The Morgan fingerprint density at radius 3 is 2.10 bits per heavy atom. The molecule has 2 amide bonds. The summed E-state index contributed by atoms with van der Waals surface area (Å²) >= 11 is 24.6. The first-order valence-electron chi connectivity index (χ1n) is 12.5. The van der Waals surface area contributed by atoms with Gasteiger partial charge in [0.05, 0.1) is 30.7 Å². The molecule has 0 radical (unpaired) electrons. The van der Waals surface area contributed by atoms with Crippen LogP contribution in [0.3, 0.4) is 0 Å². The Morgan fingerprint density at radius 1 is 0.875 bits per heavy atom. The van der Waals surface area contributed by atoms with Crippen molar-refractivity contribution in [2.45, 2.75) is 44.2 Å². The second kappa shape index (κ2) is 14.4. The minimum absolute atomic E-state index is 0.0152. The van der Waals surface area contributed by atoms with Gasteiger partial charge in [0.25, 0.3) is 10.0 Å². The average Bonchev–Trinajstić information content (AvgIpc) is 2.93. The Bertz CT molecular complexity index is 1460. The van der Waals surface area contributed by atoms with Crippen LogP contribution >= 0.6 is 46.4 Å². The van der Waals surface area contributed by atoms with E-state index in [1.54, 1.807) is 43.3 Å². The summed E-state index contributed by atoms with van der Waals surface area (Å²) < 4.78 is 28.5. The van der Waals surface area contributed by atoms with Crippen molar-refractivity contribution in [3.05, 3.63) is 92.4 Å². The van der Waals surface area contributed by atoms with E-state index in [0.717, 1.165) is 17.1 Å². The van der Waals surface area contributed by atoms with Crippen molar-refractivity contribution in [2.24, 2.45) is 0 Å². The molecule has 12 heteroatoms. The molecule has 7 nitrogen and oxygen atoms in total. The molecule has 0 fully saturated rings. The van der Waals surface area contributed by atoms with Crippen molar-refractivity contribution in [1.29, 1.82) is 0 Å². The minimum Gasteiger partial charge on any atom is -0.354 e. The van der Waals surface area contributed by atoms with E-state index in [1.165, 1.54) is 35.2 Å². The number of amides is 2. The topological polar surface area (TPSA) is 86.8 Å². The van der Waals surface area contributed by atoms with Crippen molar-refractivity contribution >= 4 is 73.9 Å². The van der Waals surface area contributed by atoms with Crippen LogP contribution in [0.1, 0.15) is 32.3 Å². The number of carbonyl (C=O) groups excluding carboxylic acids is 2. The third-order valence-electron chi connectivity index (χ3n) is 6.14. The Labute approximate surface area is 255 Å². The molecule has 0 saturated heterocycles. The molecule has 214 valence electrons. The number of halogens is 4. The van der Waals surface area contributed by atoms with E-state index in [2.05, 4.69) is 5.32 Å². The lowest BCUT2D eigenvalue weighted by molar-refractivity contribution is -0.139. The molecule has 0 saturated carbocycles. The number of carbonyl (C=O) groups is 2. The number of anilines is 1. The highest BCUT2D eigenvalue weighted by Crippen LogP contribution is 2.31. The van der Waals surface area contributed by atoms with Crippen LogP contribution in [-0.2, 0) is 26.2 Å². The molecule has 0 heterocycles. The minimum atomic E-state index is -4.22. The van der Waals surface area contributed by atoms with Gasteiger partial charge in [-0.15, -0.1) is 0 Å². The zero-order chi connectivity index (χ0) is 29.4. The normalized spacial score (nSPS) is 12.1. The average molecular weight is 645 g/mol. The fourth-order valence-electron chi connectivity index (χ4n) is 3.84. The van der Waals surface area contributed by atoms with E-state index < -0.39 is 28.5 Å². The van der Waals surface area contributed by atoms with E-state index in [9.17, 15) is 18.0 Å². The first kappa shape index (κ1) is 32.0. The van der Waals surface area contributed by atoms with Gasteiger partial charge in [0.1, 0.15) is 12.6 Å². The lowest BCUT2D eigenvalue weighted by Gasteiger charge is -2.32. The van der Waals surface area contributed by atoms with E-state index in [-0.39, 0.29) is 38.1 Å². The highest BCUT2D eigenvalue weighted by molar-refractivity contribution is 7.92. The molecule has 1 atom stereocenters. The van der Waals surface area contributed by atoms with Crippen molar-refractivity contribution in [3.8, 4) is 0 Å². The van der Waals surface area contributed by atoms with Crippen molar-refractivity contribution in [3.63, 3.8) is 0 Å². The maximum atomic E-state index is 13.9. The molecule has 0 aliphatic rings. The van der Waals surface area contributed by atoms with Crippen molar-refractivity contribution < 1.29 is 18.0 Å². The highest BCUT2D eigenvalue weighted by Gasteiger charge is 2.32. The van der Waals surface area contributed by atoms with Gasteiger partial charge >= 0.3 is 0 Å². The number of hydrogen-bond acceptors (Lipinski definition) is 4. The zero-order valence-corrected chi connectivity index (χ0v) is 25.8. The summed E-state index contributed by atoms with van der Waals surface area (Å²) in [7, 11) is -4.22. The fourth-order valence-corrected chi connectivity index (χ4v) is 5.88. The van der Waals surface area contributed by atoms with Crippen molar-refractivity contribution in [2.75, 3.05) is 17.4 Å². The molecule has 0 aromatic heterocycles. The predicted molar refractivity (Wildman–Crippen MR) is 162 cm³/mol. The summed E-state index contributed by atoms with van der Waals surface area (Å²) in [5.41, 5.74) is 0.754. The first-order valence-corrected chi connectivity index (χ1v) is 15.4. The zero-order valence-electron chi connectivity index (χ0n) is 21.9. The SMILES string of the molecule is CCCCNC(=O)C(C)N(Cc1ccc(Cl)c(Cl)c1)C(=O)CN(c1ccc(Cl)c(Cl)c1)S(=O)(=O)c1ccccc1. The quantitative estimate of drug-likeness (QED) is 0.219. The van der Waals surface area contributed by atoms with Gasteiger partial charge in [0.2, 0.25) is 11.8 Å². The van der Waals surface area contributed by atoms with Gasteiger partial charge in [-0.3, -0.25) is 13.9 Å². The Hall–Kier alpha value is -2.49. The van der Waals surface area contributed by atoms with Crippen LogP contribution in [-0.4, -0.2) is 44.3 Å². The third kappa shape index (κ3) is 8.04. The molecule has 0 aliphatic carbocycles. The van der Waals surface area contributed by atoms with Gasteiger partial charge in [0.15, 0.2) is 0 Å². The van der Waals surface area contributed by atoms with E-state index in [4.69, 9.17) is 46.4 Å². The number of hydrogen-bond donors (Lipinski definition) is 1. The molecule has 40 heavy (non-hydrogen) atoms. The second-order valence-electron chi connectivity index (χ2n) is 9.01.